The molecule has 3 rings (SSSR count). The number of pyridine rings is 1. The highest BCUT2D eigenvalue weighted by atomic mass is 35.5. The molecular formula is C16H13ClN+. The van der Waals surface area contributed by atoms with E-state index in [1.165, 1.54) is 16.3 Å². The van der Waals surface area contributed by atoms with Crippen molar-refractivity contribution in [1.82, 2.24) is 0 Å². The second-order valence-corrected chi connectivity index (χ2v) is 4.81. The first-order valence-corrected chi connectivity index (χ1v) is 6.31. The van der Waals surface area contributed by atoms with Crippen LogP contribution in [-0.2, 0) is 6.54 Å². The quantitative estimate of drug-likeness (QED) is 0.612. The summed E-state index contributed by atoms with van der Waals surface area (Å²) in [5.74, 6) is 0. The SMILES string of the molecule is Clc1ccc2c[n+](Cc3ccccc3)ccc2c1. The Balaban J connectivity index is 1.96. The van der Waals surface area contributed by atoms with Gasteiger partial charge in [0.25, 0.3) is 0 Å². The summed E-state index contributed by atoms with van der Waals surface area (Å²) in [7, 11) is 0. The lowest BCUT2D eigenvalue weighted by Gasteiger charge is -2.00. The van der Waals surface area contributed by atoms with Crippen molar-refractivity contribution in [2.75, 3.05) is 0 Å². The summed E-state index contributed by atoms with van der Waals surface area (Å²) < 4.78 is 2.19. The van der Waals surface area contributed by atoms with Gasteiger partial charge in [-0.25, -0.2) is 4.57 Å². The smallest absolute Gasteiger partial charge is 0.176 e. The van der Waals surface area contributed by atoms with Crippen LogP contribution in [0.1, 0.15) is 5.56 Å². The molecule has 1 aromatic heterocycles. The molecular weight excluding hydrogens is 242 g/mol. The van der Waals surface area contributed by atoms with Gasteiger partial charge in [-0.15, -0.1) is 0 Å². The Morgan fingerprint density at radius 3 is 2.56 bits per heavy atom. The summed E-state index contributed by atoms with van der Waals surface area (Å²) in [6.45, 7) is 0.888. The van der Waals surface area contributed by atoms with Gasteiger partial charge in [0.1, 0.15) is 0 Å². The van der Waals surface area contributed by atoms with Crippen LogP contribution in [0, 0.1) is 0 Å². The fraction of sp³-hybridized carbons (Fsp3) is 0.0625. The van der Waals surface area contributed by atoms with Crippen LogP contribution in [0.4, 0.5) is 0 Å². The summed E-state index contributed by atoms with van der Waals surface area (Å²) in [6, 6.07) is 18.5. The largest absolute Gasteiger partial charge is 0.200 e. The molecule has 3 aromatic rings. The fourth-order valence-corrected chi connectivity index (χ4v) is 2.28. The van der Waals surface area contributed by atoms with Crippen LogP contribution in [-0.4, -0.2) is 0 Å². The van der Waals surface area contributed by atoms with Crippen molar-refractivity contribution in [3.8, 4) is 0 Å². The molecule has 0 saturated heterocycles. The summed E-state index contributed by atoms with van der Waals surface area (Å²) >= 11 is 5.98. The minimum absolute atomic E-state index is 0.781. The molecule has 0 aliphatic carbocycles. The minimum Gasteiger partial charge on any atom is -0.200 e. The lowest BCUT2D eigenvalue weighted by molar-refractivity contribution is -0.687. The van der Waals surface area contributed by atoms with Crippen LogP contribution in [0.2, 0.25) is 5.02 Å². The lowest BCUT2D eigenvalue weighted by atomic mass is 10.1. The summed E-state index contributed by atoms with van der Waals surface area (Å²) in [5.41, 5.74) is 1.30. The number of halogens is 1. The van der Waals surface area contributed by atoms with E-state index in [2.05, 4.69) is 53.4 Å². The zero-order valence-electron chi connectivity index (χ0n) is 9.88. The predicted molar refractivity (Wildman–Crippen MR) is 74.7 cm³/mol. The Morgan fingerprint density at radius 1 is 0.889 bits per heavy atom. The first kappa shape index (κ1) is 11.2. The van der Waals surface area contributed by atoms with E-state index in [-0.39, 0.29) is 0 Å². The number of aromatic nitrogens is 1. The zero-order chi connectivity index (χ0) is 12.4. The Bertz CT molecular complexity index is 677. The van der Waals surface area contributed by atoms with E-state index >= 15 is 0 Å². The molecule has 0 N–H and O–H groups in total. The molecule has 0 bridgehead atoms. The van der Waals surface area contributed by atoms with Crippen LogP contribution in [0.25, 0.3) is 10.8 Å². The standard InChI is InChI=1S/C16H13ClN/c17-16-7-6-15-12-18(9-8-14(15)10-16)11-13-4-2-1-3-5-13/h1-10,12H,11H2/q+1. The molecule has 0 aliphatic heterocycles. The number of rotatable bonds is 2. The van der Waals surface area contributed by atoms with E-state index in [1.807, 2.05) is 18.2 Å². The van der Waals surface area contributed by atoms with Gasteiger partial charge in [0.15, 0.2) is 18.9 Å². The van der Waals surface area contributed by atoms with Crippen molar-refractivity contribution in [3.63, 3.8) is 0 Å². The maximum absolute atomic E-state index is 5.98. The van der Waals surface area contributed by atoms with Gasteiger partial charge >= 0.3 is 0 Å². The van der Waals surface area contributed by atoms with Crippen molar-refractivity contribution in [1.29, 1.82) is 0 Å². The highest BCUT2D eigenvalue weighted by Crippen LogP contribution is 2.17. The molecule has 0 atom stereocenters. The van der Waals surface area contributed by atoms with Gasteiger partial charge in [0, 0.05) is 22.0 Å². The molecule has 88 valence electrons. The van der Waals surface area contributed by atoms with E-state index in [9.17, 15) is 0 Å². The number of fused-ring (bicyclic) bond motifs is 1. The van der Waals surface area contributed by atoms with Gasteiger partial charge in [0.05, 0.1) is 0 Å². The third-order valence-corrected chi connectivity index (χ3v) is 3.24. The van der Waals surface area contributed by atoms with Crippen molar-refractivity contribution < 1.29 is 4.57 Å². The molecule has 18 heavy (non-hydrogen) atoms. The Labute approximate surface area is 111 Å². The second-order valence-electron chi connectivity index (χ2n) is 4.38. The zero-order valence-corrected chi connectivity index (χ0v) is 10.6. The average Bonchev–Trinajstić information content (AvgIpc) is 2.40. The van der Waals surface area contributed by atoms with E-state index in [0.717, 1.165) is 11.6 Å². The first-order chi connectivity index (χ1) is 8.81. The van der Waals surface area contributed by atoms with E-state index in [4.69, 9.17) is 11.6 Å². The number of nitrogens with zero attached hydrogens (tertiary/aromatic N) is 1. The second kappa shape index (κ2) is 4.79. The topological polar surface area (TPSA) is 3.88 Å². The fourth-order valence-electron chi connectivity index (χ4n) is 2.10. The molecule has 0 spiro atoms. The molecule has 0 saturated carbocycles. The van der Waals surface area contributed by atoms with Crippen molar-refractivity contribution in [2.45, 2.75) is 6.54 Å². The highest BCUT2D eigenvalue weighted by molar-refractivity contribution is 6.31. The van der Waals surface area contributed by atoms with E-state index in [1.54, 1.807) is 0 Å². The van der Waals surface area contributed by atoms with Crippen LogP contribution in [0.15, 0.2) is 67.0 Å². The van der Waals surface area contributed by atoms with Crippen molar-refractivity contribution >= 4 is 22.4 Å². The predicted octanol–water partition coefficient (Wildman–Crippen LogP) is 3.83. The monoisotopic (exact) mass is 254 g/mol. The maximum Gasteiger partial charge on any atom is 0.176 e. The van der Waals surface area contributed by atoms with Crippen LogP contribution in [0.5, 0.6) is 0 Å². The van der Waals surface area contributed by atoms with Gasteiger partial charge in [0.2, 0.25) is 0 Å². The van der Waals surface area contributed by atoms with Gasteiger partial charge in [-0.3, -0.25) is 0 Å². The normalized spacial score (nSPS) is 10.7. The Kier molecular flexibility index (Phi) is 2.99. The van der Waals surface area contributed by atoms with Crippen LogP contribution >= 0.6 is 11.6 Å². The number of benzene rings is 2. The highest BCUT2D eigenvalue weighted by Gasteiger charge is 2.04. The lowest BCUT2D eigenvalue weighted by Crippen LogP contribution is -2.33. The van der Waals surface area contributed by atoms with Gasteiger partial charge in [-0.1, -0.05) is 41.9 Å². The Morgan fingerprint density at radius 2 is 1.72 bits per heavy atom. The number of hydrogen-bond acceptors (Lipinski definition) is 0. The molecule has 1 nitrogen and oxygen atoms in total. The molecule has 0 unspecified atom stereocenters. The molecule has 0 aliphatic rings. The Hall–Kier alpha value is -1.86. The van der Waals surface area contributed by atoms with Crippen LogP contribution < -0.4 is 4.57 Å². The average molecular weight is 255 g/mol. The van der Waals surface area contributed by atoms with E-state index in [0.29, 0.717) is 0 Å². The summed E-state index contributed by atoms with van der Waals surface area (Å²) in [4.78, 5) is 0. The summed E-state index contributed by atoms with van der Waals surface area (Å²) in [6.07, 6.45) is 4.24. The maximum atomic E-state index is 5.98. The molecule has 0 fully saturated rings. The molecule has 2 heteroatoms. The molecule has 0 amide bonds. The number of hydrogen-bond donors (Lipinski definition) is 0. The van der Waals surface area contributed by atoms with E-state index < -0.39 is 0 Å². The van der Waals surface area contributed by atoms with Crippen molar-refractivity contribution in [2.24, 2.45) is 0 Å². The molecule has 0 radical (unpaired) electrons. The molecule has 1 heterocycles. The van der Waals surface area contributed by atoms with Crippen LogP contribution in [0.3, 0.4) is 0 Å². The third-order valence-electron chi connectivity index (χ3n) is 3.01. The minimum atomic E-state index is 0.781. The third kappa shape index (κ3) is 2.36. The van der Waals surface area contributed by atoms with Gasteiger partial charge in [-0.05, 0) is 23.6 Å². The van der Waals surface area contributed by atoms with Gasteiger partial charge in [-0.2, -0.15) is 0 Å². The van der Waals surface area contributed by atoms with Gasteiger partial charge < -0.3 is 0 Å². The first-order valence-electron chi connectivity index (χ1n) is 5.93. The molecule has 2 aromatic carbocycles. The van der Waals surface area contributed by atoms with Crippen molar-refractivity contribution in [3.05, 3.63) is 77.6 Å². The summed E-state index contributed by atoms with van der Waals surface area (Å²) in [5, 5.41) is 3.16.